The van der Waals surface area contributed by atoms with Crippen LogP contribution in [0.4, 0.5) is 17.1 Å². The number of para-hydroxylation sites is 1. The number of furan rings is 1. The van der Waals surface area contributed by atoms with Crippen LogP contribution in [0.1, 0.15) is 62.8 Å². The number of rotatable bonds is 4. The molecule has 2 heteroatoms. The van der Waals surface area contributed by atoms with Gasteiger partial charge < -0.3 is 9.32 Å². The van der Waals surface area contributed by atoms with E-state index in [-0.39, 0.29) is 10.8 Å². The predicted octanol–water partition coefficient (Wildman–Crippen LogP) is 13.0. The van der Waals surface area contributed by atoms with E-state index in [1.54, 1.807) is 0 Å². The molecule has 0 saturated carbocycles. The maximum absolute atomic E-state index is 6.12. The summed E-state index contributed by atoms with van der Waals surface area (Å²) in [5, 5.41) is 2.25. The van der Waals surface area contributed by atoms with Gasteiger partial charge in [-0.15, -0.1) is 0 Å². The SMILES string of the molecule is CC1(C)C2=C(CCC=C2)c2c(N(c3c#cc(-c4ccc5oc6ccccc6c5c4)cc3)c3cccc4c3C(C)(C)c3ccccc3-4)cccc21. The summed E-state index contributed by atoms with van der Waals surface area (Å²) < 4.78 is 6.12. The van der Waals surface area contributed by atoms with Crippen molar-refractivity contribution in [2.24, 2.45) is 0 Å². The molecular formula is C48H37NO. The van der Waals surface area contributed by atoms with E-state index in [1.807, 2.05) is 12.1 Å². The molecule has 0 saturated heterocycles. The van der Waals surface area contributed by atoms with Gasteiger partial charge in [-0.25, -0.2) is 0 Å². The quantitative estimate of drug-likeness (QED) is 0.190. The second-order valence-electron chi connectivity index (χ2n) is 15.1. The summed E-state index contributed by atoms with van der Waals surface area (Å²) in [7, 11) is 0. The molecule has 0 N–H and O–H groups in total. The highest BCUT2D eigenvalue weighted by atomic mass is 16.3. The van der Waals surface area contributed by atoms with Crippen molar-refractivity contribution in [1.29, 1.82) is 0 Å². The second kappa shape index (κ2) is 10.4. The fraction of sp³-hybridized carbons (Fsp3) is 0.167. The summed E-state index contributed by atoms with van der Waals surface area (Å²) in [5.74, 6) is 0. The highest BCUT2D eigenvalue weighted by molar-refractivity contribution is 6.06. The maximum Gasteiger partial charge on any atom is 0.135 e. The first-order valence-electron chi connectivity index (χ1n) is 17.8. The van der Waals surface area contributed by atoms with Crippen LogP contribution in [0.5, 0.6) is 0 Å². The van der Waals surface area contributed by atoms with E-state index < -0.39 is 0 Å². The number of hydrogen-bond acceptors (Lipinski definition) is 2. The lowest BCUT2D eigenvalue weighted by Crippen LogP contribution is -2.21. The topological polar surface area (TPSA) is 16.4 Å². The average molecular weight is 644 g/mol. The smallest absolute Gasteiger partial charge is 0.135 e. The summed E-state index contributed by atoms with van der Waals surface area (Å²) in [5.41, 5.74) is 18.1. The van der Waals surface area contributed by atoms with Crippen LogP contribution in [-0.4, -0.2) is 0 Å². The first-order chi connectivity index (χ1) is 24.3. The van der Waals surface area contributed by atoms with Crippen molar-refractivity contribution in [3.05, 3.63) is 167 Å². The molecule has 0 aliphatic heterocycles. The molecule has 0 spiro atoms. The van der Waals surface area contributed by atoms with E-state index in [1.165, 1.54) is 55.9 Å². The van der Waals surface area contributed by atoms with Crippen molar-refractivity contribution in [3.63, 3.8) is 0 Å². The van der Waals surface area contributed by atoms with Crippen LogP contribution in [0.3, 0.4) is 0 Å². The van der Waals surface area contributed by atoms with Crippen molar-refractivity contribution in [3.8, 4) is 22.3 Å². The predicted molar refractivity (Wildman–Crippen MR) is 207 cm³/mol. The monoisotopic (exact) mass is 643 g/mol. The minimum absolute atomic E-state index is 0.0625. The largest absolute Gasteiger partial charge is 0.456 e. The minimum Gasteiger partial charge on any atom is -0.456 e. The van der Waals surface area contributed by atoms with E-state index in [0.717, 1.165) is 51.6 Å². The molecule has 240 valence electrons. The van der Waals surface area contributed by atoms with Crippen LogP contribution < -0.4 is 4.90 Å². The Morgan fingerprint density at radius 1 is 0.640 bits per heavy atom. The minimum atomic E-state index is -0.178. The van der Waals surface area contributed by atoms with Crippen LogP contribution in [0.15, 0.2) is 137 Å². The molecule has 0 atom stereocenters. The van der Waals surface area contributed by atoms with Gasteiger partial charge >= 0.3 is 0 Å². The third kappa shape index (κ3) is 3.98. The van der Waals surface area contributed by atoms with Crippen LogP contribution in [0.25, 0.3) is 49.8 Å². The van der Waals surface area contributed by atoms with Gasteiger partial charge in [-0.1, -0.05) is 113 Å². The van der Waals surface area contributed by atoms with Crippen molar-refractivity contribution in [2.45, 2.75) is 51.4 Å². The molecule has 3 aliphatic rings. The molecule has 0 fully saturated rings. The molecule has 0 unspecified atom stereocenters. The number of nitrogens with zero attached hydrogens (tertiary/aromatic N) is 1. The summed E-state index contributed by atoms with van der Waals surface area (Å²) in [6.07, 6.45) is 6.84. The van der Waals surface area contributed by atoms with Gasteiger partial charge in [0, 0.05) is 32.7 Å². The molecule has 50 heavy (non-hydrogen) atoms. The van der Waals surface area contributed by atoms with Crippen molar-refractivity contribution >= 4 is 44.6 Å². The lowest BCUT2D eigenvalue weighted by atomic mass is 9.80. The van der Waals surface area contributed by atoms with Crippen LogP contribution in [0.2, 0.25) is 0 Å². The molecule has 0 amide bonds. The lowest BCUT2D eigenvalue weighted by molar-refractivity contribution is 0.651. The molecule has 1 aromatic heterocycles. The summed E-state index contributed by atoms with van der Waals surface area (Å²) in [4.78, 5) is 2.47. The molecule has 7 aromatic rings. The number of fused-ring (bicyclic) bond motifs is 8. The zero-order chi connectivity index (χ0) is 33.8. The van der Waals surface area contributed by atoms with Gasteiger partial charge in [-0.3, -0.25) is 0 Å². The summed E-state index contributed by atoms with van der Waals surface area (Å²) >= 11 is 0. The van der Waals surface area contributed by atoms with E-state index in [2.05, 4.69) is 160 Å². The molecule has 6 aromatic carbocycles. The highest BCUT2D eigenvalue weighted by Crippen LogP contribution is 2.57. The van der Waals surface area contributed by atoms with Gasteiger partial charge in [-0.2, -0.15) is 0 Å². The van der Waals surface area contributed by atoms with E-state index >= 15 is 0 Å². The van der Waals surface area contributed by atoms with Gasteiger partial charge in [0.25, 0.3) is 0 Å². The zero-order valence-electron chi connectivity index (χ0n) is 28.9. The number of benzene rings is 5. The average Bonchev–Trinajstić information content (AvgIpc) is 3.72. The Balaban J connectivity index is 1.18. The Hall–Kier alpha value is -5.78. The Bertz CT molecular complexity index is 2590. The fourth-order valence-corrected chi connectivity index (χ4v) is 9.18. The number of hydrogen-bond donors (Lipinski definition) is 0. The van der Waals surface area contributed by atoms with Gasteiger partial charge in [0.05, 0.1) is 17.1 Å². The first kappa shape index (κ1) is 29.2. The molecule has 0 bridgehead atoms. The van der Waals surface area contributed by atoms with E-state index in [0.29, 0.717) is 0 Å². The van der Waals surface area contributed by atoms with Gasteiger partial charge in [0.15, 0.2) is 0 Å². The Labute approximate surface area is 294 Å². The summed E-state index contributed by atoms with van der Waals surface area (Å²) in [6.45, 7) is 9.51. The third-order valence-electron chi connectivity index (χ3n) is 11.6. The molecule has 2 nitrogen and oxygen atoms in total. The summed E-state index contributed by atoms with van der Waals surface area (Å²) in [6, 6.07) is 49.0. The van der Waals surface area contributed by atoms with E-state index in [9.17, 15) is 0 Å². The van der Waals surface area contributed by atoms with Gasteiger partial charge in [0.1, 0.15) is 11.2 Å². The molecular weight excluding hydrogens is 607 g/mol. The highest BCUT2D eigenvalue weighted by Gasteiger charge is 2.42. The second-order valence-corrected chi connectivity index (χ2v) is 15.1. The van der Waals surface area contributed by atoms with Crippen LogP contribution in [-0.2, 0) is 10.8 Å². The first-order valence-corrected chi connectivity index (χ1v) is 17.8. The lowest BCUT2D eigenvalue weighted by Gasteiger charge is -2.33. The molecule has 10 rings (SSSR count). The van der Waals surface area contributed by atoms with Crippen molar-refractivity contribution in [1.82, 2.24) is 0 Å². The molecule has 0 radical (unpaired) electrons. The maximum atomic E-state index is 6.12. The van der Waals surface area contributed by atoms with Crippen molar-refractivity contribution in [2.75, 3.05) is 4.90 Å². The van der Waals surface area contributed by atoms with E-state index in [4.69, 9.17) is 4.42 Å². The molecule has 3 aliphatic carbocycles. The number of allylic oxidation sites excluding steroid dienone is 4. The zero-order valence-corrected chi connectivity index (χ0v) is 28.9. The van der Waals surface area contributed by atoms with Crippen LogP contribution in [0, 0.1) is 12.1 Å². The Morgan fingerprint density at radius 3 is 2.28 bits per heavy atom. The Morgan fingerprint density at radius 2 is 1.40 bits per heavy atom. The van der Waals surface area contributed by atoms with Crippen molar-refractivity contribution < 1.29 is 4.42 Å². The fourth-order valence-electron chi connectivity index (χ4n) is 9.18. The van der Waals surface area contributed by atoms with Gasteiger partial charge in [0.2, 0.25) is 0 Å². The standard InChI is InChI=1S/C48H37NO/c1-47(2)39-18-9-6-15-36(39)45-40(47)19-12-20-41(45)49(42-21-11-16-35-33-13-5-8-17-38(33)48(3,4)46(35)42)32-26-23-30(24-27-32)31-25-28-44-37(29-31)34-14-7-10-22-43(34)50-44/h5,7-14,16-23,25-26,28-29H,6,15H2,1-4H3. The normalized spacial score (nSPS) is 16.2. The Kier molecular flexibility index (Phi) is 6.04. The molecule has 1 heterocycles. The number of anilines is 3. The van der Waals surface area contributed by atoms with Gasteiger partial charge in [-0.05, 0) is 112 Å². The third-order valence-corrected chi connectivity index (χ3v) is 11.6. The van der Waals surface area contributed by atoms with Crippen LogP contribution >= 0.6 is 0 Å².